The summed E-state index contributed by atoms with van der Waals surface area (Å²) in [5.74, 6) is 0.329. The maximum absolute atomic E-state index is 13.2. The molecule has 0 amide bonds. The molecular formula is C24H26N2O2S. The van der Waals surface area contributed by atoms with E-state index in [1.54, 1.807) is 6.07 Å². The predicted molar refractivity (Wildman–Crippen MR) is 118 cm³/mol. The molecule has 1 N–H and O–H groups in total. The minimum atomic E-state index is -1.17. The topological polar surface area (TPSA) is 43.8 Å². The molecule has 0 spiro atoms. The SMILES string of the molecule is Cc1ccc2c(c1C)N(CCN(C)Cc1ccccc1O)c1ccccc1S2=O. The Morgan fingerprint density at radius 2 is 1.69 bits per heavy atom. The molecule has 4 rings (SSSR count). The highest BCUT2D eigenvalue weighted by atomic mass is 32.2. The zero-order valence-electron chi connectivity index (χ0n) is 17.1. The number of phenols is 1. The Labute approximate surface area is 174 Å². The summed E-state index contributed by atoms with van der Waals surface area (Å²) < 4.78 is 13.2. The summed E-state index contributed by atoms with van der Waals surface area (Å²) in [6.45, 7) is 6.46. The van der Waals surface area contributed by atoms with Gasteiger partial charge in [-0.25, -0.2) is 4.21 Å². The molecule has 0 aromatic heterocycles. The first-order chi connectivity index (χ1) is 14.0. The molecule has 0 aliphatic carbocycles. The largest absolute Gasteiger partial charge is 0.508 e. The molecule has 1 heterocycles. The normalized spacial score (nSPS) is 15.3. The molecule has 1 unspecified atom stereocenters. The Kier molecular flexibility index (Phi) is 5.43. The Morgan fingerprint density at radius 3 is 2.48 bits per heavy atom. The average molecular weight is 407 g/mol. The number of aromatic hydroxyl groups is 1. The van der Waals surface area contributed by atoms with Gasteiger partial charge in [-0.3, -0.25) is 0 Å². The predicted octanol–water partition coefficient (Wildman–Crippen LogP) is 4.76. The summed E-state index contributed by atoms with van der Waals surface area (Å²) in [5.41, 5.74) is 5.38. The van der Waals surface area contributed by atoms with E-state index in [2.05, 4.69) is 42.8 Å². The quantitative estimate of drug-likeness (QED) is 0.664. The lowest BCUT2D eigenvalue weighted by molar-refractivity contribution is 0.328. The molecule has 4 nitrogen and oxygen atoms in total. The maximum atomic E-state index is 13.2. The summed E-state index contributed by atoms with van der Waals surface area (Å²) in [4.78, 5) is 6.26. The monoisotopic (exact) mass is 406 g/mol. The second-order valence-corrected chi connectivity index (χ2v) is 9.03. The summed E-state index contributed by atoms with van der Waals surface area (Å²) in [7, 11) is 0.893. The molecule has 1 aliphatic rings. The molecule has 29 heavy (non-hydrogen) atoms. The van der Waals surface area contributed by atoms with Crippen LogP contribution >= 0.6 is 0 Å². The van der Waals surface area contributed by atoms with Crippen molar-refractivity contribution in [2.24, 2.45) is 0 Å². The lowest BCUT2D eigenvalue weighted by atomic mass is 10.1. The van der Waals surface area contributed by atoms with E-state index in [0.717, 1.165) is 39.8 Å². The number of hydrogen-bond acceptors (Lipinski definition) is 4. The van der Waals surface area contributed by atoms with Crippen molar-refractivity contribution >= 4 is 22.2 Å². The Balaban J connectivity index is 1.64. The van der Waals surface area contributed by atoms with Crippen LogP contribution in [0.25, 0.3) is 0 Å². The fourth-order valence-electron chi connectivity index (χ4n) is 3.85. The van der Waals surface area contributed by atoms with Gasteiger partial charge in [-0.1, -0.05) is 36.4 Å². The molecule has 0 fully saturated rings. The second kappa shape index (κ2) is 8.01. The van der Waals surface area contributed by atoms with Gasteiger partial charge in [-0.2, -0.15) is 0 Å². The van der Waals surface area contributed by atoms with Crippen LogP contribution in [0.2, 0.25) is 0 Å². The van der Waals surface area contributed by atoms with Gasteiger partial charge < -0.3 is 14.9 Å². The summed E-state index contributed by atoms with van der Waals surface area (Å²) >= 11 is 0. The van der Waals surface area contributed by atoms with Crippen molar-refractivity contribution in [1.29, 1.82) is 0 Å². The van der Waals surface area contributed by atoms with Crippen molar-refractivity contribution in [2.75, 3.05) is 25.0 Å². The van der Waals surface area contributed by atoms with Gasteiger partial charge in [0.25, 0.3) is 0 Å². The van der Waals surface area contributed by atoms with Crippen LogP contribution < -0.4 is 4.90 Å². The van der Waals surface area contributed by atoms with Gasteiger partial charge in [0.05, 0.1) is 32.0 Å². The summed E-state index contributed by atoms with van der Waals surface area (Å²) in [5, 5.41) is 10.1. The van der Waals surface area contributed by atoms with Gasteiger partial charge in [0.1, 0.15) is 5.75 Å². The van der Waals surface area contributed by atoms with Crippen molar-refractivity contribution < 1.29 is 9.32 Å². The molecule has 150 valence electrons. The van der Waals surface area contributed by atoms with E-state index >= 15 is 0 Å². The van der Waals surface area contributed by atoms with Gasteiger partial charge in [0.15, 0.2) is 0 Å². The Bertz CT molecular complexity index is 1080. The number of fused-ring (bicyclic) bond motifs is 2. The van der Waals surface area contributed by atoms with Crippen molar-refractivity contribution in [3.05, 3.63) is 77.4 Å². The third-order valence-corrected chi connectivity index (χ3v) is 7.10. The van der Waals surface area contributed by atoms with E-state index < -0.39 is 10.8 Å². The van der Waals surface area contributed by atoms with E-state index in [1.165, 1.54) is 11.1 Å². The molecule has 0 radical (unpaired) electrons. The molecule has 3 aromatic rings. The smallest absolute Gasteiger partial charge is 0.120 e. The van der Waals surface area contributed by atoms with Crippen LogP contribution in [-0.2, 0) is 17.3 Å². The first-order valence-electron chi connectivity index (χ1n) is 9.81. The Hall–Kier alpha value is -2.63. The number of rotatable bonds is 5. The third-order valence-electron chi connectivity index (χ3n) is 5.63. The fourth-order valence-corrected chi connectivity index (χ4v) is 5.29. The lowest BCUT2D eigenvalue weighted by Gasteiger charge is -2.35. The van der Waals surface area contributed by atoms with Crippen LogP contribution in [0.4, 0.5) is 11.4 Å². The molecular weight excluding hydrogens is 380 g/mol. The molecule has 3 aromatic carbocycles. The number of anilines is 2. The summed E-state index contributed by atoms with van der Waals surface area (Å²) in [6, 6.07) is 19.5. The third kappa shape index (κ3) is 3.68. The first kappa shape index (κ1) is 19.7. The van der Waals surface area contributed by atoms with Crippen LogP contribution in [-0.4, -0.2) is 34.4 Å². The molecule has 1 atom stereocenters. The van der Waals surface area contributed by atoms with Crippen LogP contribution in [0, 0.1) is 13.8 Å². The molecule has 0 saturated carbocycles. The number of phenolic OH excluding ortho intramolecular Hbond substituents is 1. The summed E-state index contributed by atoms with van der Waals surface area (Å²) in [6.07, 6.45) is 0. The lowest BCUT2D eigenvalue weighted by Crippen LogP contribution is -2.33. The van der Waals surface area contributed by atoms with Crippen molar-refractivity contribution in [3.8, 4) is 5.75 Å². The maximum Gasteiger partial charge on any atom is 0.120 e. The highest BCUT2D eigenvalue weighted by molar-refractivity contribution is 7.85. The van der Waals surface area contributed by atoms with Gasteiger partial charge in [-0.15, -0.1) is 0 Å². The van der Waals surface area contributed by atoms with E-state index in [0.29, 0.717) is 12.3 Å². The van der Waals surface area contributed by atoms with E-state index in [1.807, 2.05) is 42.5 Å². The molecule has 0 bridgehead atoms. The van der Waals surface area contributed by atoms with Crippen LogP contribution in [0.5, 0.6) is 5.75 Å². The van der Waals surface area contributed by atoms with Gasteiger partial charge in [0, 0.05) is 25.2 Å². The van der Waals surface area contributed by atoms with E-state index in [-0.39, 0.29) is 0 Å². The van der Waals surface area contributed by atoms with Crippen LogP contribution in [0.3, 0.4) is 0 Å². The van der Waals surface area contributed by atoms with Gasteiger partial charge in [0.2, 0.25) is 0 Å². The number of likely N-dealkylation sites (N-methyl/N-ethyl adjacent to an activating group) is 1. The second-order valence-electron chi connectivity index (χ2n) is 7.61. The number of aryl methyl sites for hydroxylation is 1. The van der Waals surface area contributed by atoms with Crippen LogP contribution in [0.15, 0.2) is 70.5 Å². The highest BCUT2D eigenvalue weighted by Crippen LogP contribution is 2.44. The molecule has 5 heteroatoms. The fraction of sp³-hybridized carbons (Fsp3) is 0.250. The van der Waals surface area contributed by atoms with E-state index in [4.69, 9.17) is 0 Å². The van der Waals surface area contributed by atoms with Crippen molar-refractivity contribution in [2.45, 2.75) is 30.2 Å². The zero-order chi connectivity index (χ0) is 20.5. The minimum Gasteiger partial charge on any atom is -0.508 e. The average Bonchev–Trinajstić information content (AvgIpc) is 2.72. The van der Waals surface area contributed by atoms with E-state index in [9.17, 15) is 9.32 Å². The Morgan fingerprint density at radius 1 is 0.966 bits per heavy atom. The minimum absolute atomic E-state index is 0.329. The number of hydrogen-bond donors (Lipinski definition) is 1. The van der Waals surface area contributed by atoms with Crippen molar-refractivity contribution in [3.63, 3.8) is 0 Å². The van der Waals surface area contributed by atoms with Crippen molar-refractivity contribution in [1.82, 2.24) is 4.90 Å². The molecule has 1 aliphatic heterocycles. The van der Waals surface area contributed by atoms with Crippen LogP contribution in [0.1, 0.15) is 16.7 Å². The number of benzene rings is 3. The number of para-hydroxylation sites is 2. The highest BCUT2D eigenvalue weighted by Gasteiger charge is 2.29. The first-order valence-corrected chi connectivity index (χ1v) is 11.0. The standard InChI is InChI=1S/C24H26N2O2S/c1-17-12-13-23-24(18(17)2)26(20-9-5-7-11-22(20)29(23)28)15-14-25(3)16-19-8-4-6-10-21(19)27/h4-13,27H,14-16H2,1-3H3. The number of nitrogens with zero attached hydrogens (tertiary/aromatic N) is 2. The van der Waals surface area contributed by atoms with Gasteiger partial charge in [-0.05, 0) is 56.3 Å². The van der Waals surface area contributed by atoms with Gasteiger partial charge >= 0.3 is 0 Å². The molecule has 0 saturated heterocycles. The zero-order valence-corrected chi connectivity index (χ0v) is 17.9.